The van der Waals surface area contributed by atoms with Crippen LogP contribution in [0.3, 0.4) is 0 Å². The first-order valence-electron chi connectivity index (χ1n) is 9.92. The molecule has 1 atom stereocenters. The fourth-order valence-electron chi connectivity index (χ4n) is 3.69. The highest BCUT2D eigenvalue weighted by Crippen LogP contribution is 2.37. The van der Waals surface area contributed by atoms with Crippen LogP contribution in [0.4, 0.5) is 0 Å². The molecule has 146 valence electrons. The van der Waals surface area contributed by atoms with E-state index in [1.54, 1.807) is 0 Å². The van der Waals surface area contributed by atoms with E-state index in [2.05, 4.69) is 68.0 Å². The highest BCUT2D eigenvalue weighted by molar-refractivity contribution is 9.10. The van der Waals surface area contributed by atoms with Gasteiger partial charge in [-0.2, -0.15) is 0 Å². The van der Waals surface area contributed by atoms with E-state index in [-0.39, 0.29) is 12.5 Å². The quantitative estimate of drug-likeness (QED) is 0.603. The molecule has 1 aliphatic carbocycles. The SMILES string of the molecule is CCC(C)c1ccc(OCC(=O)NC2CCC(C(C)(C)C)CC2)c(Br)c1. The minimum atomic E-state index is -0.0258. The van der Waals surface area contributed by atoms with Gasteiger partial charge >= 0.3 is 0 Å². The van der Waals surface area contributed by atoms with Gasteiger partial charge in [0.05, 0.1) is 4.47 Å². The fourth-order valence-corrected chi connectivity index (χ4v) is 4.20. The molecular weight excluding hydrogens is 390 g/mol. The first kappa shape index (κ1) is 21.3. The summed E-state index contributed by atoms with van der Waals surface area (Å²) in [4.78, 5) is 12.2. The maximum Gasteiger partial charge on any atom is 0.258 e. The zero-order chi connectivity index (χ0) is 19.3. The van der Waals surface area contributed by atoms with Gasteiger partial charge in [0.25, 0.3) is 5.91 Å². The Morgan fingerprint density at radius 3 is 2.46 bits per heavy atom. The number of nitrogens with one attached hydrogen (secondary N) is 1. The van der Waals surface area contributed by atoms with Crippen LogP contribution in [0.25, 0.3) is 0 Å². The summed E-state index contributed by atoms with van der Waals surface area (Å²) in [6, 6.07) is 6.42. The van der Waals surface area contributed by atoms with Crippen LogP contribution in [0.5, 0.6) is 5.75 Å². The molecule has 0 radical (unpaired) electrons. The Morgan fingerprint density at radius 1 is 1.27 bits per heavy atom. The van der Waals surface area contributed by atoms with Crippen LogP contribution < -0.4 is 10.1 Å². The van der Waals surface area contributed by atoms with Gasteiger partial charge < -0.3 is 10.1 Å². The molecule has 1 aromatic rings. The van der Waals surface area contributed by atoms with E-state index in [1.165, 1.54) is 18.4 Å². The summed E-state index contributed by atoms with van der Waals surface area (Å²) in [6.45, 7) is 11.4. The first-order chi connectivity index (χ1) is 12.2. The zero-order valence-corrected chi connectivity index (χ0v) is 18.5. The number of rotatable bonds is 6. The molecule has 0 bridgehead atoms. The van der Waals surface area contributed by atoms with Crippen molar-refractivity contribution in [2.24, 2.45) is 11.3 Å². The summed E-state index contributed by atoms with van der Waals surface area (Å²) in [5, 5.41) is 3.14. The zero-order valence-electron chi connectivity index (χ0n) is 16.9. The van der Waals surface area contributed by atoms with E-state index in [0.717, 1.165) is 35.4 Å². The topological polar surface area (TPSA) is 38.3 Å². The first-order valence-corrected chi connectivity index (χ1v) is 10.7. The largest absolute Gasteiger partial charge is 0.483 e. The lowest BCUT2D eigenvalue weighted by molar-refractivity contribution is -0.124. The van der Waals surface area contributed by atoms with Gasteiger partial charge in [-0.3, -0.25) is 4.79 Å². The van der Waals surface area contributed by atoms with E-state index in [4.69, 9.17) is 4.74 Å². The third kappa shape index (κ3) is 6.00. The molecule has 1 aliphatic rings. The number of carbonyl (C=O) groups is 1. The number of ether oxygens (including phenoxy) is 1. The average Bonchev–Trinajstić information content (AvgIpc) is 2.59. The van der Waals surface area contributed by atoms with E-state index in [0.29, 0.717) is 17.4 Å². The predicted molar refractivity (Wildman–Crippen MR) is 112 cm³/mol. The molecule has 26 heavy (non-hydrogen) atoms. The van der Waals surface area contributed by atoms with Crippen molar-refractivity contribution in [2.75, 3.05) is 6.61 Å². The Morgan fingerprint density at radius 2 is 1.92 bits per heavy atom. The highest BCUT2D eigenvalue weighted by atomic mass is 79.9. The van der Waals surface area contributed by atoms with E-state index < -0.39 is 0 Å². The highest BCUT2D eigenvalue weighted by Gasteiger charge is 2.30. The lowest BCUT2D eigenvalue weighted by Crippen LogP contribution is -2.41. The maximum absolute atomic E-state index is 12.2. The van der Waals surface area contributed by atoms with Crippen LogP contribution in [0.1, 0.15) is 78.2 Å². The number of carbonyl (C=O) groups excluding carboxylic acids is 1. The van der Waals surface area contributed by atoms with Crippen molar-refractivity contribution in [3.8, 4) is 5.75 Å². The second-order valence-electron chi connectivity index (χ2n) is 8.77. The molecule has 1 saturated carbocycles. The molecule has 1 fully saturated rings. The third-order valence-electron chi connectivity index (χ3n) is 5.81. The molecule has 1 aromatic carbocycles. The number of hydrogen-bond acceptors (Lipinski definition) is 2. The van der Waals surface area contributed by atoms with E-state index >= 15 is 0 Å². The average molecular weight is 424 g/mol. The minimum Gasteiger partial charge on any atom is -0.483 e. The van der Waals surface area contributed by atoms with Crippen molar-refractivity contribution in [1.82, 2.24) is 5.32 Å². The Labute approximate surface area is 167 Å². The number of benzene rings is 1. The fraction of sp³-hybridized carbons (Fsp3) is 0.682. The van der Waals surface area contributed by atoms with Crippen molar-refractivity contribution in [2.45, 2.75) is 78.7 Å². The van der Waals surface area contributed by atoms with Gasteiger partial charge in [0.1, 0.15) is 5.75 Å². The van der Waals surface area contributed by atoms with Crippen molar-refractivity contribution < 1.29 is 9.53 Å². The lowest BCUT2D eigenvalue weighted by Gasteiger charge is -2.37. The number of halogens is 1. The van der Waals surface area contributed by atoms with Crippen LogP contribution in [-0.4, -0.2) is 18.6 Å². The van der Waals surface area contributed by atoms with Crippen molar-refractivity contribution in [1.29, 1.82) is 0 Å². The molecule has 1 N–H and O–H groups in total. The van der Waals surface area contributed by atoms with Crippen LogP contribution in [0.2, 0.25) is 0 Å². The van der Waals surface area contributed by atoms with Gasteiger partial charge in [-0.1, -0.05) is 40.7 Å². The summed E-state index contributed by atoms with van der Waals surface area (Å²) in [5.74, 6) is 1.98. The lowest BCUT2D eigenvalue weighted by atomic mass is 9.71. The molecule has 0 saturated heterocycles. The third-order valence-corrected chi connectivity index (χ3v) is 6.43. The van der Waals surface area contributed by atoms with Crippen molar-refractivity contribution >= 4 is 21.8 Å². The van der Waals surface area contributed by atoms with Gasteiger partial charge in [-0.25, -0.2) is 0 Å². The van der Waals surface area contributed by atoms with E-state index in [9.17, 15) is 4.79 Å². The van der Waals surface area contributed by atoms with Crippen LogP contribution >= 0.6 is 15.9 Å². The summed E-state index contributed by atoms with van der Waals surface area (Å²) in [7, 11) is 0. The van der Waals surface area contributed by atoms with E-state index in [1.807, 2.05) is 6.07 Å². The molecule has 0 aromatic heterocycles. The van der Waals surface area contributed by atoms with Gasteiger partial charge in [0, 0.05) is 6.04 Å². The predicted octanol–water partition coefficient (Wildman–Crippen LogP) is 6.06. The Hall–Kier alpha value is -1.03. The number of amides is 1. The molecule has 2 rings (SSSR count). The smallest absolute Gasteiger partial charge is 0.258 e. The molecule has 0 spiro atoms. The molecule has 4 heteroatoms. The normalized spacial score (nSPS) is 21.9. The standard InChI is InChI=1S/C22H34BrNO2/c1-6-15(2)16-7-12-20(19(23)13-16)26-14-21(25)24-18-10-8-17(9-11-18)22(3,4)5/h7,12-13,15,17-18H,6,8-11,14H2,1-5H3,(H,24,25). The van der Waals surface area contributed by atoms with Gasteiger partial charge in [-0.15, -0.1) is 0 Å². The van der Waals surface area contributed by atoms with Gasteiger partial charge in [0.15, 0.2) is 6.61 Å². The molecular formula is C22H34BrNO2. The van der Waals surface area contributed by atoms with Crippen LogP contribution in [-0.2, 0) is 4.79 Å². The summed E-state index contributed by atoms with van der Waals surface area (Å²) < 4.78 is 6.64. The monoisotopic (exact) mass is 423 g/mol. The molecule has 0 aliphatic heterocycles. The Bertz CT molecular complexity index is 601. The second-order valence-corrected chi connectivity index (χ2v) is 9.62. The Kier molecular flexibility index (Phi) is 7.57. The summed E-state index contributed by atoms with van der Waals surface area (Å²) >= 11 is 3.56. The summed E-state index contributed by atoms with van der Waals surface area (Å²) in [6.07, 6.45) is 5.63. The van der Waals surface area contributed by atoms with Gasteiger partial charge in [-0.05, 0) is 83.0 Å². The van der Waals surface area contributed by atoms with Crippen LogP contribution in [0, 0.1) is 11.3 Å². The van der Waals surface area contributed by atoms with Crippen molar-refractivity contribution in [3.05, 3.63) is 28.2 Å². The van der Waals surface area contributed by atoms with Gasteiger partial charge in [0.2, 0.25) is 0 Å². The summed E-state index contributed by atoms with van der Waals surface area (Å²) in [5.41, 5.74) is 1.65. The van der Waals surface area contributed by atoms with Crippen molar-refractivity contribution in [3.63, 3.8) is 0 Å². The molecule has 1 unspecified atom stereocenters. The van der Waals surface area contributed by atoms with Crippen LogP contribution in [0.15, 0.2) is 22.7 Å². The molecule has 0 heterocycles. The Balaban J connectivity index is 1.79. The maximum atomic E-state index is 12.2. The molecule has 3 nitrogen and oxygen atoms in total. The second kappa shape index (κ2) is 9.25. The molecule has 1 amide bonds. The minimum absolute atomic E-state index is 0.0258. The number of hydrogen-bond donors (Lipinski definition) is 1.